The Labute approximate surface area is 392 Å². The number of benzene rings is 2. The zero-order valence-corrected chi connectivity index (χ0v) is 39.0. The van der Waals surface area contributed by atoms with Crippen LogP contribution in [-0.2, 0) is 41.5 Å². The van der Waals surface area contributed by atoms with Gasteiger partial charge in [0.15, 0.2) is 5.82 Å². The molecule has 3 unspecified atom stereocenters. The normalized spacial score (nSPS) is 17.1. The molecule has 10 rings (SSSR count). The van der Waals surface area contributed by atoms with Gasteiger partial charge in [-0.1, -0.05) is 79.6 Å². The summed E-state index contributed by atoms with van der Waals surface area (Å²) in [4.78, 5) is 33.0. The quantitative estimate of drug-likeness (QED) is 0.0822. The fraction of sp³-hybridized carbons (Fsp3) is 0.353. The maximum atomic E-state index is 6.34. The summed E-state index contributed by atoms with van der Waals surface area (Å²) in [6.45, 7) is 11.6. The molecule has 0 bridgehead atoms. The molecule has 2 aliphatic rings. The summed E-state index contributed by atoms with van der Waals surface area (Å²) in [6.07, 6.45) is 11.2. The van der Waals surface area contributed by atoms with Crippen LogP contribution in [0.15, 0.2) is 118 Å². The number of thiazole rings is 1. The molecule has 342 valence electrons. The third-order valence-corrected chi connectivity index (χ3v) is 14.7. The van der Waals surface area contributed by atoms with E-state index >= 15 is 0 Å². The molecular formula is C51H53N11O4S. The van der Waals surface area contributed by atoms with Gasteiger partial charge in [0.2, 0.25) is 23.4 Å². The van der Waals surface area contributed by atoms with Crippen molar-refractivity contribution in [1.29, 1.82) is 0 Å². The standard InChI is InChI=1S/C51H53N11O4S/c1-31(2)48(4,35-10-6-33(7-11-35)44-59-46(65-61-44)50(52)19-20-50)40-16-14-38(27-56-40)63-29-42-54-23-18-37(58-42)26-32(3)49(5,41-17-15-39(28-57-41)64-30-43-55-24-25-67-43)36-12-8-34(9-13-36)45-60-47(66-62-45)51(53)21-22-51/h6-18,23-25,27-28,31-32H,19-22,26,29-30,52-53H2,1-5H3. The number of hydrogen-bond acceptors (Lipinski definition) is 16. The molecule has 8 aromatic rings. The van der Waals surface area contributed by atoms with Crippen LogP contribution in [0.5, 0.6) is 11.5 Å². The second-order valence-electron chi connectivity index (χ2n) is 18.7. The summed E-state index contributed by atoms with van der Waals surface area (Å²) in [5.74, 6) is 4.17. The van der Waals surface area contributed by atoms with E-state index in [0.29, 0.717) is 53.8 Å². The van der Waals surface area contributed by atoms with Gasteiger partial charge in [-0.15, -0.1) is 11.3 Å². The molecule has 2 aliphatic carbocycles. The van der Waals surface area contributed by atoms with Gasteiger partial charge in [0, 0.05) is 45.4 Å². The first kappa shape index (κ1) is 44.1. The molecular weight excluding hydrogens is 863 g/mol. The van der Waals surface area contributed by atoms with E-state index in [1.54, 1.807) is 36.1 Å². The molecule has 0 saturated heterocycles. The fourth-order valence-electron chi connectivity index (χ4n) is 8.48. The minimum atomic E-state index is -0.548. The Kier molecular flexibility index (Phi) is 11.5. The fourth-order valence-corrected chi connectivity index (χ4v) is 9.01. The topological polar surface area (TPSA) is 213 Å². The van der Waals surface area contributed by atoms with E-state index < -0.39 is 16.5 Å². The highest BCUT2D eigenvalue weighted by Gasteiger charge is 2.47. The van der Waals surface area contributed by atoms with E-state index in [-0.39, 0.29) is 23.9 Å². The molecule has 0 spiro atoms. The predicted octanol–water partition coefficient (Wildman–Crippen LogP) is 9.02. The number of pyridine rings is 2. The molecule has 15 nitrogen and oxygen atoms in total. The molecule has 0 radical (unpaired) electrons. The average molecular weight is 916 g/mol. The zero-order valence-electron chi connectivity index (χ0n) is 38.2. The highest BCUT2D eigenvalue weighted by Crippen LogP contribution is 2.45. The van der Waals surface area contributed by atoms with Crippen molar-refractivity contribution < 1.29 is 18.5 Å². The number of aromatic nitrogens is 9. The van der Waals surface area contributed by atoms with Crippen molar-refractivity contribution in [1.82, 2.24) is 45.2 Å². The van der Waals surface area contributed by atoms with E-state index in [0.717, 1.165) is 70.0 Å². The molecule has 6 heterocycles. The van der Waals surface area contributed by atoms with E-state index in [4.69, 9.17) is 44.9 Å². The number of ether oxygens (including phenoxy) is 2. The minimum absolute atomic E-state index is 0.0291. The maximum Gasteiger partial charge on any atom is 0.247 e. The molecule has 2 saturated carbocycles. The van der Waals surface area contributed by atoms with Gasteiger partial charge in [-0.3, -0.25) is 9.97 Å². The number of hydrogen-bond donors (Lipinski definition) is 2. The van der Waals surface area contributed by atoms with Crippen LogP contribution >= 0.6 is 11.3 Å². The lowest BCUT2D eigenvalue weighted by atomic mass is 9.68. The first-order chi connectivity index (χ1) is 32.3. The van der Waals surface area contributed by atoms with Gasteiger partial charge < -0.3 is 30.0 Å². The molecule has 16 heteroatoms. The average Bonchev–Trinajstić information content (AvgIpc) is 3.93. The van der Waals surface area contributed by atoms with E-state index in [1.807, 2.05) is 60.0 Å². The summed E-state index contributed by atoms with van der Waals surface area (Å²) in [6, 6.07) is 26.5. The van der Waals surface area contributed by atoms with Crippen LogP contribution in [-0.4, -0.2) is 45.2 Å². The van der Waals surface area contributed by atoms with Crippen molar-refractivity contribution >= 4 is 11.3 Å². The van der Waals surface area contributed by atoms with Crippen molar-refractivity contribution in [2.24, 2.45) is 23.3 Å². The Balaban J connectivity index is 0.833. The van der Waals surface area contributed by atoms with Gasteiger partial charge in [0.05, 0.1) is 34.9 Å². The van der Waals surface area contributed by atoms with E-state index in [2.05, 4.69) is 89.1 Å². The van der Waals surface area contributed by atoms with E-state index in [9.17, 15) is 0 Å². The first-order valence-electron chi connectivity index (χ1n) is 22.7. The molecule has 4 N–H and O–H groups in total. The SMILES string of the molecule is CC(C)C(C)(c1ccc(-c2noc(C3(N)CC3)n2)cc1)c1ccc(OCc2nccc(CC(C)C(C)(c3ccc(-c4noc(C5(N)CC5)n4)cc3)c3ccc(OCc4nccs4)cn3)n2)cn1. The summed E-state index contributed by atoms with van der Waals surface area (Å²) in [5.41, 5.74) is 17.3. The molecule has 6 aromatic heterocycles. The summed E-state index contributed by atoms with van der Waals surface area (Å²) in [5, 5.41) is 11.3. The van der Waals surface area contributed by atoms with Crippen LogP contribution in [0.4, 0.5) is 0 Å². The summed E-state index contributed by atoms with van der Waals surface area (Å²) in [7, 11) is 0. The van der Waals surface area contributed by atoms with Crippen LogP contribution < -0.4 is 20.9 Å². The predicted molar refractivity (Wildman–Crippen MR) is 252 cm³/mol. The maximum absolute atomic E-state index is 6.34. The van der Waals surface area contributed by atoms with Gasteiger partial charge in [0.1, 0.15) is 29.7 Å². The molecule has 0 amide bonds. The van der Waals surface area contributed by atoms with Crippen molar-refractivity contribution in [3.63, 3.8) is 0 Å². The van der Waals surface area contributed by atoms with Crippen LogP contribution in [0.25, 0.3) is 22.8 Å². The Morgan fingerprint density at radius 3 is 1.66 bits per heavy atom. The lowest BCUT2D eigenvalue weighted by Crippen LogP contribution is -2.34. The lowest BCUT2D eigenvalue weighted by molar-refractivity contribution is 0.292. The van der Waals surface area contributed by atoms with Crippen LogP contribution in [0.3, 0.4) is 0 Å². The van der Waals surface area contributed by atoms with Crippen molar-refractivity contribution in [3.05, 3.63) is 160 Å². The molecule has 3 atom stereocenters. The first-order valence-corrected chi connectivity index (χ1v) is 23.6. The second kappa shape index (κ2) is 17.5. The van der Waals surface area contributed by atoms with Crippen LogP contribution in [0, 0.1) is 11.8 Å². The summed E-state index contributed by atoms with van der Waals surface area (Å²) >= 11 is 1.56. The molecule has 2 aromatic carbocycles. The summed E-state index contributed by atoms with van der Waals surface area (Å²) < 4.78 is 23.3. The van der Waals surface area contributed by atoms with Crippen molar-refractivity contribution in [2.75, 3.05) is 0 Å². The van der Waals surface area contributed by atoms with Gasteiger partial charge in [0.25, 0.3) is 0 Å². The van der Waals surface area contributed by atoms with Gasteiger partial charge >= 0.3 is 0 Å². The molecule has 2 fully saturated rings. The van der Waals surface area contributed by atoms with Crippen LogP contribution in [0.2, 0.25) is 0 Å². The lowest BCUT2D eigenvalue weighted by Gasteiger charge is -2.36. The smallest absolute Gasteiger partial charge is 0.247 e. The monoisotopic (exact) mass is 915 g/mol. The zero-order chi connectivity index (χ0) is 46.4. The number of rotatable bonds is 18. The highest BCUT2D eigenvalue weighted by atomic mass is 32.1. The van der Waals surface area contributed by atoms with Crippen molar-refractivity contribution in [3.8, 4) is 34.3 Å². The molecule has 67 heavy (non-hydrogen) atoms. The third kappa shape index (κ3) is 8.84. The van der Waals surface area contributed by atoms with Crippen molar-refractivity contribution in [2.45, 2.75) is 102 Å². The minimum Gasteiger partial charge on any atom is -0.485 e. The number of nitrogens with two attached hydrogens (primary N) is 2. The second-order valence-corrected chi connectivity index (χ2v) is 19.7. The molecule has 0 aliphatic heterocycles. The van der Waals surface area contributed by atoms with E-state index in [1.165, 1.54) is 0 Å². The van der Waals surface area contributed by atoms with Gasteiger partial charge in [-0.2, -0.15) is 9.97 Å². The Hall–Kier alpha value is -6.75. The number of nitrogens with zero attached hydrogens (tertiary/aromatic N) is 9. The van der Waals surface area contributed by atoms with Gasteiger partial charge in [-0.05, 0) is 99.2 Å². The largest absolute Gasteiger partial charge is 0.485 e. The third-order valence-electron chi connectivity index (χ3n) is 13.9. The Bertz CT molecular complexity index is 2950. The van der Waals surface area contributed by atoms with Crippen LogP contribution in [0.1, 0.15) is 111 Å². The highest BCUT2D eigenvalue weighted by molar-refractivity contribution is 7.09. The Morgan fingerprint density at radius 2 is 1.16 bits per heavy atom. The van der Waals surface area contributed by atoms with Gasteiger partial charge in [-0.25, -0.2) is 15.0 Å². The Morgan fingerprint density at radius 1 is 0.627 bits per heavy atom.